The third-order valence-corrected chi connectivity index (χ3v) is 6.34. The van der Waals surface area contributed by atoms with Crippen LogP contribution in [0, 0.1) is 0 Å². The minimum Gasteiger partial charge on any atom is -0.493 e. The molecule has 1 aliphatic rings. The van der Waals surface area contributed by atoms with Gasteiger partial charge in [-0.2, -0.15) is 0 Å². The van der Waals surface area contributed by atoms with Crippen molar-refractivity contribution >= 4 is 23.4 Å². The van der Waals surface area contributed by atoms with Gasteiger partial charge in [-0.15, -0.1) is 0 Å². The molecule has 0 spiro atoms. The molecule has 0 fully saturated rings. The molecular formula is C25H24N2O5S. The minimum atomic E-state index is -0.629. The Labute approximate surface area is 194 Å². The van der Waals surface area contributed by atoms with Gasteiger partial charge in [-0.3, -0.25) is 9.36 Å². The Balaban J connectivity index is 1.96. The van der Waals surface area contributed by atoms with Crippen molar-refractivity contribution in [1.29, 1.82) is 0 Å². The molecule has 1 aliphatic heterocycles. The van der Waals surface area contributed by atoms with E-state index in [2.05, 4.69) is 4.99 Å². The number of allylic oxidation sites excluding steroid dienone is 1. The smallest absolute Gasteiger partial charge is 0.338 e. The lowest BCUT2D eigenvalue weighted by Gasteiger charge is -2.24. The van der Waals surface area contributed by atoms with Gasteiger partial charge in [0.25, 0.3) is 5.56 Å². The average Bonchev–Trinajstić information content (AvgIpc) is 3.13. The van der Waals surface area contributed by atoms with Crippen molar-refractivity contribution in [3.63, 3.8) is 0 Å². The third-order valence-electron chi connectivity index (χ3n) is 5.35. The van der Waals surface area contributed by atoms with Crippen molar-refractivity contribution in [2.24, 2.45) is 4.99 Å². The monoisotopic (exact) mass is 464 g/mol. The van der Waals surface area contributed by atoms with Crippen molar-refractivity contribution in [2.45, 2.75) is 19.9 Å². The molecule has 0 amide bonds. The van der Waals surface area contributed by atoms with E-state index in [1.807, 2.05) is 42.5 Å². The van der Waals surface area contributed by atoms with Gasteiger partial charge in [0.15, 0.2) is 16.3 Å². The Bertz CT molecular complexity index is 1400. The zero-order valence-corrected chi connectivity index (χ0v) is 19.6. The van der Waals surface area contributed by atoms with E-state index in [-0.39, 0.29) is 12.2 Å². The number of ether oxygens (including phenoxy) is 3. The van der Waals surface area contributed by atoms with Crippen LogP contribution in [0.3, 0.4) is 0 Å². The summed E-state index contributed by atoms with van der Waals surface area (Å²) in [6, 6.07) is 14.3. The third kappa shape index (κ3) is 4.09. The molecule has 8 heteroatoms. The van der Waals surface area contributed by atoms with Crippen LogP contribution in [0.4, 0.5) is 0 Å². The van der Waals surface area contributed by atoms with Crippen LogP contribution < -0.4 is 24.4 Å². The number of aromatic nitrogens is 1. The highest BCUT2D eigenvalue weighted by atomic mass is 32.1. The number of hydrogen-bond donors (Lipinski definition) is 0. The van der Waals surface area contributed by atoms with E-state index in [1.165, 1.54) is 11.3 Å². The molecule has 0 radical (unpaired) electrons. The molecule has 0 N–H and O–H groups in total. The van der Waals surface area contributed by atoms with E-state index in [0.29, 0.717) is 37.7 Å². The van der Waals surface area contributed by atoms with E-state index in [9.17, 15) is 9.59 Å². The number of rotatable bonds is 6. The first kappa shape index (κ1) is 22.5. The first-order chi connectivity index (χ1) is 16.0. The SMILES string of the molecule is CCOC(=O)C1=C(C)N=c2s/c(=C\c3cccc(OC)c3OC)c(=O)n2[C@@H]1c1ccccc1. The number of methoxy groups -OCH3 is 2. The maximum atomic E-state index is 13.6. The van der Waals surface area contributed by atoms with Crippen LogP contribution in [-0.4, -0.2) is 31.4 Å². The van der Waals surface area contributed by atoms with E-state index in [0.717, 1.165) is 5.56 Å². The zero-order valence-electron chi connectivity index (χ0n) is 18.8. The van der Waals surface area contributed by atoms with Gasteiger partial charge in [0.05, 0.1) is 42.7 Å². The summed E-state index contributed by atoms with van der Waals surface area (Å²) in [6.07, 6.45) is 1.76. The lowest BCUT2D eigenvalue weighted by Crippen LogP contribution is -2.39. The summed E-state index contributed by atoms with van der Waals surface area (Å²) in [4.78, 5) is 31.6. The van der Waals surface area contributed by atoms with Gasteiger partial charge in [0.1, 0.15) is 0 Å². The van der Waals surface area contributed by atoms with Crippen LogP contribution in [0.25, 0.3) is 6.08 Å². The molecule has 7 nitrogen and oxygen atoms in total. The number of esters is 1. The normalized spacial score (nSPS) is 15.6. The van der Waals surface area contributed by atoms with Crippen molar-refractivity contribution in [3.05, 3.63) is 90.6 Å². The van der Waals surface area contributed by atoms with Gasteiger partial charge in [0.2, 0.25) is 0 Å². The minimum absolute atomic E-state index is 0.233. The van der Waals surface area contributed by atoms with Gasteiger partial charge < -0.3 is 14.2 Å². The highest BCUT2D eigenvalue weighted by Gasteiger charge is 2.33. The highest BCUT2D eigenvalue weighted by Crippen LogP contribution is 2.32. The topological polar surface area (TPSA) is 79.1 Å². The van der Waals surface area contributed by atoms with Crippen LogP contribution in [-0.2, 0) is 9.53 Å². The maximum Gasteiger partial charge on any atom is 0.338 e. The predicted octanol–water partition coefficient (Wildman–Crippen LogP) is 2.82. The fourth-order valence-corrected chi connectivity index (χ4v) is 4.95. The number of benzene rings is 2. The second-order valence-corrected chi connectivity index (χ2v) is 8.30. The Morgan fingerprint density at radius 2 is 1.88 bits per heavy atom. The Kier molecular flexibility index (Phi) is 6.46. The predicted molar refractivity (Wildman–Crippen MR) is 126 cm³/mol. The Morgan fingerprint density at radius 3 is 2.55 bits per heavy atom. The molecule has 3 aromatic rings. The van der Waals surface area contributed by atoms with Crippen LogP contribution in [0.5, 0.6) is 11.5 Å². The van der Waals surface area contributed by atoms with E-state index < -0.39 is 12.0 Å². The zero-order chi connectivity index (χ0) is 23.5. The van der Waals surface area contributed by atoms with E-state index in [4.69, 9.17) is 14.2 Å². The maximum absolute atomic E-state index is 13.6. The summed E-state index contributed by atoms with van der Waals surface area (Å²) in [5.41, 5.74) is 2.17. The molecule has 33 heavy (non-hydrogen) atoms. The van der Waals surface area contributed by atoms with Gasteiger partial charge in [-0.05, 0) is 31.6 Å². The van der Waals surface area contributed by atoms with Gasteiger partial charge in [-0.25, -0.2) is 9.79 Å². The number of hydrogen-bond acceptors (Lipinski definition) is 7. The standard InChI is InChI=1S/C25H24N2O5S/c1-5-32-24(29)20-15(2)26-25-27(21(20)16-10-7-6-8-11-16)23(28)19(33-25)14-17-12-9-13-18(30-3)22(17)31-4/h6-14,21H,5H2,1-4H3/b19-14-/t21-/m1/s1. The van der Waals surface area contributed by atoms with Gasteiger partial charge in [0, 0.05) is 5.56 Å². The number of carbonyl (C=O) groups is 1. The lowest BCUT2D eigenvalue weighted by molar-refractivity contribution is -0.139. The van der Waals surface area contributed by atoms with Crippen LogP contribution in [0.1, 0.15) is 31.0 Å². The largest absolute Gasteiger partial charge is 0.493 e. The molecule has 0 aliphatic carbocycles. The molecule has 0 saturated heterocycles. The first-order valence-corrected chi connectivity index (χ1v) is 11.3. The molecule has 1 atom stereocenters. The van der Waals surface area contributed by atoms with Crippen molar-refractivity contribution < 1.29 is 19.0 Å². The van der Waals surface area contributed by atoms with Gasteiger partial charge >= 0.3 is 5.97 Å². The summed E-state index contributed by atoms with van der Waals surface area (Å²) in [6.45, 7) is 3.75. The fraction of sp³-hybridized carbons (Fsp3) is 0.240. The number of thiazole rings is 1. The number of carbonyl (C=O) groups excluding carboxylic acids is 1. The summed E-state index contributed by atoms with van der Waals surface area (Å²) < 4.78 is 18.2. The molecule has 2 heterocycles. The lowest BCUT2D eigenvalue weighted by atomic mass is 9.96. The van der Waals surface area contributed by atoms with Crippen molar-refractivity contribution in [2.75, 3.05) is 20.8 Å². The number of para-hydroxylation sites is 1. The molecule has 4 rings (SSSR count). The molecular weight excluding hydrogens is 440 g/mol. The van der Waals surface area contributed by atoms with Crippen molar-refractivity contribution in [3.8, 4) is 11.5 Å². The fourth-order valence-electron chi connectivity index (χ4n) is 3.91. The van der Waals surface area contributed by atoms with Crippen LogP contribution in [0.15, 0.2) is 69.6 Å². The van der Waals surface area contributed by atoms with E-state index in [1.54, 1.807) is 44.8 Å². The van der Waals surface area contributed by atoms with E-state index >= 15 is 0 Å². The summed E-state index contributed by atoms with van der Waals surface area (Å²) in [5, 5.41) is 0. The highest BCUT2D eigenvalue weighted by molar-refractivity contribution is 7.07. The summed E-state index contributed by atoms with van der Waals surface area (Å²) in [5.74, 6) is 0.631. The second-order valence-electron chi connectivity index (χ2n) is 7.30. The molecule has 0 unspecified atom stereocenters. The van der Waals surface area contributed by atoms with Crippen LogP contribution in [0.2, 0.25) is 0 Å². The van der Waals surface area contributed by atoms with Crippen molar-refractivity contribution in [1.82, 2.24) is 4.57 Å². The second kappa shape index (κ2) is 9.46. The van der Waals surface area contributed by atoms with Crippen LogP contribution >= 0.6 is 11.3 Å². The Hall–Kier alpha value is -3.65. The number of nitrogens with zero attached hydrogens (tertiary/aromatic N) is 2. The molecule has 1 aromatic heterocycles. The Morgan fingerprint density at radius 1 is 1.12 bits per heavy atom. The quantitative estimate of drug-likeness (QED) is 0.524. The van der Waals surface area contributed by atoms with Gasteiger partial charge in [-0.1, -0.05) is 53.8 Å². The molecule has 0 saturated carbocycles. The molecule has 170 valence electrons. The first-order valence-electron chi connectivity index (χ1n) is 10.5. The molecule has 0 bridgehead atoms. The summed E-state index contributed by atoms with van der Waals surface area (Å²) >= 11 is 1.26. The molecule has 2 aromatic carbocycles. The average molecular weight is 465 g/mol. The summed E-state index contributed by atoms with van der Waals surface area (Å²) in [7, 11) is 3.12. The number of fused-ring (bicyclic) bond motifs is 1.